The molecule has 1 heterocycles. The van der Waals surface area contributed by atoms with Gasteiger partial charge in [0.2, 0.25) is 5.91 Å². The number of hydrogen-bond acceptors (Lipinski definition) is 3. The highest BCUT2D eigenvalue weighted by Crippen LogP contribution is 2.14. The zero-order valence-corrected chi connectivity index (χ0v) is 13.4. The van der Waals surface area contributed by atoms with Crippen molar-refractivity contribution in [2.24, 2.45) is 0 Å². The Morgan fingerprint density at radius 3 is 2.77 bits per heavy atom. The second-order valence-corrected chi connectivity index (χ2v) is 5.95. The molecule has 116 valence electrons. The van der Waals surface area contributed by atoms with Gasteiger partial charge in [-0.3, -0.25) is 9.59 Å². The summed E-state index contributed by atoms with van der Waals surface area (Å²) in [5.74, 6) is -0.152. The molecule has 0 aliphatic carbocycles. The molecule has 2 aromatic rings. The van der Waals surface area contributed by atoms with Gasteiger partial charge in [-0.2, -0.15) is 0 Å². The average Bonchev–Trinajstić information content (AvgIpc) is 3.01. The van der Waals surface area contributed by atoms with Crippen LogP contribution in [-0.2, 0) is 11.2 Å². The number of carbonyl (C=O) groups is 2. The van der Waals surface area contributed by atoms with E-state index in [2.05, 4.69) is 16.7 Å². The van der Waals surface area contributed by atoms with Crippen LogP contribution in [0.25, 0.3) is 0 Å². The smallest absolute Gasteiger partial charge is 0.251 e. The van der Waals surface area contributed by atoms with Gasteiger partial charge in [-0.05, 0) is 49.4 Å². The van der Waals surface area contributed by atoms with E-state index in [1.54, 1.807) is 35.6 Å². The molecule has 2 amide bonds. The van der Waals surface area contributed by atoms with Gasteiger partial charge in [0.25, 0.3) is 5.91 Å². The summed E-state index contributed by atoms with van der Waals surface area (Å²) >= 11 is 1.71. The minimum Gasteiger partial charge on any atom is -0.352 e. The van der Waals surface area contributed by atoms with Crippen LogP contribution in [0.4, 0.5) is 5.69 Å². The molecule has 1 aromatic heterocycles. The number of nitrogens with one attached hydrogen (secondary N) is 2. The van der Waals surface area contributed by atoms with E-state index in [1.165, 1.54) is 4.88 Å². The van der Waals surface area contributed by atoms with Gasteiger partial charge >= 0.3 is 0 Å². The Morgan fingerprint density at radius 1 is 1.18 bits per heavy atom. The number of thiophene rings is 1. The van der Waals surface area contributed by atoms with Crippen LogP contribution in [0.1, 0.15) is 35.0 Å². The van der Waals surface area contributed by atoms with E-state index in [0.29, 0.717) is 24.2 Å². The van der Waals surface area contributed by atoms with Crippen LogP contribution >= 0.6 is 11.3 Å². The van der Waals surface area contributed by atoms with Crippen molar-refractivity contribution >= 4 is 28.8 Å². The zero-order chi connectivity index (χ0) is 15.8. The van der Waals surface area contributed by atoms with E-state index in [9.17, 15) is 9.59 Å². The number of rotatable bonds is 7. The molecule has 0 saturated carbocycles. The highest BCUT2D eigenvalue weighted by Gasteiger charge is 2.07. The maximum Gasteiger partial charge on any atom is 0.251 e. The third-order valence-corrected chi connectivity index (χ3v) is 4.09. The van der Waals surface area contributed by atoms with E-state index >= 15 is 0 Å². The molecule has 0 atom stereocenters. The standard InChI is InChI=1S/C17H20N2O2S/c1-2-18-17(21)13-6-3-7-14(12-13)19-16(20)10-4-8-15-9-5-11-22-15/h3,5-7,9,11-12H,2,4,8,10H2,1H3,(H,18,21)(H,19,20). The topological polar surface area (TPSA) is 58.2 Å². The fraction of sp³-hybridized carbons (Fsp3) is 0.294. The first-order valence-electron chi connectivity index (χ1n) is 7.39. The number of amides is 2. The fourth-order valence-electron chi connectivity index (χ4n) is 2.10. The van der Waals surface area contributed by atoms with Gasteiger partial charge in [0.05, 0.1) is 0 Å². The molecule has 0 bridgehead atoms. The Labute approximate surface area is 134 Å². The van der Waals surface area contributed by atoms with Gasteiger partial charge in [-0.1, -0.05) is 12.1 Å². The zero-order valence-electron chi connectivity index (χ0n) is 12.6. The van der Waals surface area contributed by atoms with Crippen molar-refractivity contribution in [3.8, 4) is 0 Å². The van der Waals surface area contributed by atoms with Crippen LogP contribution in [0, 0.1) is 0 Å². The summed E-state index contributed by atoms with van der Waals surface area (Å²) in [5, 5.41) is 7.63. The Bertz CT molecular complexity index is 623. The van der Waals surface area contributed by atoms with Crippen LogP contribution < -0.4 is 10.6 Å². The van der Waals surface area contributed by atoms with Crippen molar-refractivity contribution < 1.29 is 9.59 Å². The van der Waals surface area contributed by atoms with Gasteiger partial charge in [-0.25, -0.2) is 0 Å². The second kappa shape index (κ2) is 8.34. The second-order valence-electron chi connectivity index (χ2n) is 4.92. The van der Waals surface area contributed by atoms with Crippen LogP contribution in [0.5, 0.6) is 0 Å². The van der Waals surface area contributed by atoms with E-state index in [0.717, 1.165) is 12.8 Å². The number of benzene rings is 1. The molecule has 0 fully saturated rings. The SMILES string of the molecule is CCNC(=O)c1cccc(NC(=O)CCCc2cccs2)c1. The third-order valence-electron chi connectivity index (χ3n) is 3.15. The molecule has 0 unspecified atom stereocenters. The summed E-state index contributed by atoms with van der Waals surface area (Å²) < 4.78 is 0. The third kappa shape index (κ3) is 5.00. The molecule has 4 nitrogen and oxygen atoms in total. The van der Waals surface area contributed by atoms with Crippen molar-refractivity contribution in [3.63, 3.8) is 0 Å². The van der Waals surface area contributed by atoms with E-state index in [1.807, 2.05) is 18.4 Å². The molecule has 0 saturated heterocycles. The van der Waals surface area contributed by atoms with Crippen molar-refractivity contribution in [1.82, 2.24) is 5.32 Å². The van der Waals surface area contributed by atoms with Crippen LogP contribution in [0.3, 0.4) is 0 Å². The molecule has 22 heavy (non-hydrogen) atoms. The molecule has 0 radical (unpaired) electrons. The average molecular weight is 316 g/mol. The normalized spacial score (nSPS) is 10.2. The Morgan fingerprint density at radius 2 is 2.05 bits per heavy atom. The molecule has 0 spiro atoms. The molecular weight excluding hydrogens is 296 g/mol. The largest absolute Gasteiger partial charge is 0.352 e. The van der Waals surface area contributed by atoms with E-state index < -0.39 is 0 Å². The maximum atomic E-state index is 11.9. The number of carbonyl (C=O) groups excluding carboxylic acids is 2. The lowest BCUT2D eigenvalue weighted by atomic mass is 10.1. The predicted molar refractivity (Wildman–Crippen MR) is 90.3 cm³/mol. The van der Waals surface area contributed by atoms with Crippen molar-refractivity contribution in [2.45, 2.75) is 26.2 Å². The first-order valence-corrected chi connectivity index (χ1v) is 8.27. The molecule has 1 aromatic carbocycles. The molecule has 2 N–H and O–H groups in total. The monoisotopic (exact) mass is 316 g/mol. The predicted octanol–water partition coefficient (Wildman–Crippen LogP) is 3.46. The Kier molecular flexibility index (Phi) is 6.15. The van der Waals surface area contributed by atoms with Crippen LogP contribution in [-0.4, -0.2) is 18.4 Å². The first-order chi connectivity index (χ1) is 10.7. The summed E-state index contributed by atoms with van der Waals surface area (Å²) in [6.45, 7) is 2.45. The highest BCUT2D eigenvalue weighted by molar-refractivity contribution is 7.09. The number of hydrogen-bond donors (Lipinski definition) is 2. The van der Waals surface area contributed by atoms with Gasteiger partial charge < -0.3 is 10.6 Å². The number of anilines is 1. The van der Waals surface area contributed by atoms with Gasteiger partial charge in [0.15, 0.2) is 0 Å². The summed E-state index contributed by atoms with van der Waals surface area (Å²) in [7, 11) is 0. The summed E-state index contributed by atoms with van der Waals surface area (Å²) in [4.78, 5) is 25.0. The minimum absolute atomic E-state index is 0.0235. The highest BCUT2D eigenvalue weighted by atomic mass is 32.1. The summed E-state index contributed by atoms with van der Waals surface area (Å²) in [5.41, 5.74) is 1.21. The molecule has 2 rings (SSSR count). The van der Waals surface area contributed by atoms with Crippen LogP contribution in [0.15, 0.2) is 41.8 Å². The lowest BCUT2D eigenvalue weighted by molar-refractivity contribution is -0.116. The fourth-order valence-corrected chi connectivity index (χ4v) is 2.85. The Balaban J connectivity index is 1.83. The van der Waals surface area contributed by atoms with E-state index in [4.69, 9.17) is 0 Å². The lowest BCUT2D eigenvalue weighted by Gasteiger charge is -2.07. The number of aryl methyl sites for hydroxylation is 1. The van der Waals surface area contributed by atoms with Gasteiger partial charge in [-0.15, -0.1) is 11.3 Å². The van der Waals surface area contributed by atoms with Gasteiger partial charge in [0, 0.05) is 29.1 Å². The van der Waals surface area contributed by atoms with Crippen molar-refractivity contribution in [2.75, 3.05) is 11.9 Å². The molecular formula is C17H20N2O2S. The Hall–Kier alpha value is -2.14. The molecule has 0 aliphatic rings. The molecule has 5 heteroatoms. The molecule has 0 aliphatic heterocycles. The van der Waals surface area contributed by atoms with Crippen molar-refractivity contribution in [3.05, 3.63) is 52.2 Å². The van der Waals surface area contributed by atoms with Crippen molar-refractivity contribution in [1.29, 1.82) is 0 Å². The first kappa shape index (κ1) is 16.2. The van der Waals surface area contributed by atoms with E-state index in [-0.39, 0.29) is 11.8 Å². The summed E-state index contributed by atoms with van der Waals surface area (Å²) in [6, 6.07) is 11.1. The van der Waals surface area contributed by atoms with Crippen LogP contribution in [0.2, 0.25) is 0 Å². The quantitative estimate of drug-likeness (QED) is 0.822. The summed E-state index contributed by atoms with van der Waals surface area (Å²) in [6.07, 6.45) is 2.22. The van der Waals surface area contributed by atoms with Gasteiger partial charge in [0.1, 0.15) is 0 Å². The maximum absolute atomic E-state index is 11.9. The lowest BCUT2D eigenvalue weighted by Crippen LogP contribution is -2.22. The minimum atomic E-state index is -0.128.